The fraction of sp³-hybridized carbons (Fsp3) is 0.500. The van der Waals surface area contributed by atoms with Crippen molar-refractivity contribution in [2.75, 3.05) is 5.32 Å². The molecule has 1 fully saturated rings. The highest BCUT2D eigenvalue weighted by molar-refractivity contribution is 5.47. The van der Waals surface area contributed by atoms with Gasteiger partial charge in [-0.05, 0) is 49.9 Å². The quantitative estimate of drug-likeness (QED) is 0.784. The van der Waals surface area contributed by atoms with E-state index in [4.69, 9.17) is 0 Å². The predicted octanol–water partition coefficient (Wildman–Crippen LogP) is 2.46. The summed E-state index contributed by atoms with van der Waals surface area (Å²) in [5.74, 6) is -0.187. The molecule has 0 aromatic heterocycles. The first-order valence-electron chi connectivity index (χ1n) is 5.37. The van der Waals surface area contributed by atoms with E-state index in [9.17, 15) is 9.50 Å². The van der Waals surface area contributed by atoms with Gasteiger partial charge in [0.1, 0.15) is 5.82 Å². The van der Waals surface area contributed by atoms with Crippen molar-refractivity contribution < 1.29 is 9.50 Å². The second kappa shape index (κ2) is 4.19. The van der Waals surface area contributed by atoms with Crippen molar-refractivity contribution in [1.82, 2.24) is 0 Å². The minimum atomic E-state index is -0.268. The number of aliphatic hydroxyl groups excluding tert-OH is 1. The lowest BCUT2D eigenvalue weighted by Crippen LogP contribution is -2.27. The minimum Gasteiger partial charge on any atom is -0.391 e. The Morgan fingerprint density at radius 3 is 2.80 bits per heavy atom. The summed E-state index contributed by atoms with van der Waals surface area (Å²) in [5, 5.41) is 12.9. The molecule has 2 nitrogen and oxygen atoms in total. The van der Waals surface area contributed by atoms with Crippen molar-refractivity contribution in [1.29, 1.82) is 0 Å². The fourth-order valence-electron chi connectivity index (χ4n) is 2.06. The van der Waals surface area contributed by atoms with Crippen LogP contribution in [0.4, 0.5) is 10.1 Å². The van der Waals surface area contributed by atoms with Gasteiger partial charge in [-0.25, -0.2) is 4.39 Å². The molecule has 2 unspecified atom stereocenters. The van der Waals surface area contributed by atoms with Crippen molar-refractivity contribution >= 4 is 5.69 Å². The molecular weight excluding hydrogens is 193 g/mol. The van der Waals surface area contributed by atoms with Crippen molar-refractivity contribution in [3.05, 3.63) is 29.6 Å². The Bertz CT molecular complexity index is 353. The maximum absolute atomic E-state index is 13.0. The molecule has 2 atom stereocenters. The molecule has 1 aromatic rings. The van der Waals surface area contributed by atoms with Crippen LogP contribution < -0.4 is 5.32 Å². The van der Waals surface area contributed by atoms with Crippen molar-refractivity contribution in [2.24, 2.45) is 0 Å². The van der Waals surface area contributed by atoms with E-state index in [0.29, 0.717) is 5.56 Å². The summed E-state index contributed by atoms with van der Waals surface area (Å²) in [7, 11) is 0. The van der Waals surface area contributed by atoms with Crippen LogP contribution in [0.25, 0.3) is 0 Å². The Morgan fingerprint density at radius 1 is 1.40 bits per heavy atom. The van der Waals surface area contributed by atoms with Gasteiger partial charge in [0.25, 0.3) is 0 Å². The van der Waals surface area contributed by atoms with Crippen LogP contribution in [0.15, 0.2) is 18.2 Å². The molecule has 1 saturated carbocycles. The number of hydrogen-bond acceptors (Lipinski definition) is 2. The van der Waals surface area contributed by atoms with Crippen molar-refractivity contribution in [3.8, 4) is 0 Å². The van der Waals surface area contributed by atoms with Crippen LogP contribution in [-0.4, -0.2) is 17.3 Å². The normalized spacial score (nSPS) is 25.5. The number of anilines is 1. The summed E-state index contributed by atoms with van der Waals surface area (Å²) in [6, 6.07) is 5.07. The summed E-state index contributed by atoms with van der Waals surface area (Å²) in [4.78, 5) is 0. The molecule has 2 rings (SSSR count). The second-order valence-corrected chi connectivity index (χ2v) is 4.21. The molecule has 15 heavy (non-hydrogen) atoms. The molecule has 82 valence electrons. The van der Waals surface area contributed by atoms with Gasteiger partial charge in [-0.15, -0.1) is 0 Å². The van der Waals surface area contributed by atoms with Crippen LogP contribution in [0.5, 0.6) is 0 Å². The lowest BCUT2D eigenvalue weighted by atomic mass is 10.1. The standard InChI is InChI=1S/C12H16FNO/c1-8-7-9(5-6-10(8)13)14-11-3-2-4-12(11)15/h5-7,11-12,14-15H,2-4H2,1H3. The maximum atomic E-state index is 13.0. The molecular formula is C12H16FNO. The predicted molar refractivity (Wildman–Crippen MR) is 58.4 cm³/mol. The molecule has 0 saturated heterocycles. The summed E-state index contributed by atoms with van der Waals surface area (Å²) in [6.07, 6.45) is 2.63. The van der Waals surface area contributed by atoms with E-state index < -0.39 is 0 Å². The number of aliphatic hydroxyl groups is 1. The number of aryl methyl sites for hydroxylation is 1. The molecule has 0 amide bonds. The minimum absolute atomic E-state index is 0.120. The first-order valence-corrected chi connectivity index (χ1v) is 5.37. The van der Waals surface area contributed by atoms with Crippen LogP contribution >= 0.6 is 0 Å². The van der Waals surface area contributed by atoms with Crippen LogP contribution in [0.2, 0.25) is 0 Å². The van der Waals surface area contributed by atoms with Crippen LogP contribution in [0.3, 0.4) is 0 Å². The number of nitrogens with one attached hydrogen (secondary N) is 1. The molecule has 3 heteroatoms. The van der Waals surface area contributed by atoms with Gasteiger partial charge >= 0.3 is 0 Å². The SMILES string of the molecule is Cc1cc(NC2CCCC2O)ccc1F. The van der Waals surface area contributed by atoms with E-state index in [1.54, 1.807) is 19.1 Å². The topological polar surface area (TPSA) is 32.3 Å². The Morgan fingerprint density at radius 2 is 2.20 bits per heavy atom. The summed E-state index contributed by atoms with van der Waals surface area (Å²) >= 11 is 0. The van der Waals surface area contributed by atoms with Crippen molar-refractivity contribution in [3.63, 3.8) is 0 Å². The average molecular weight is 209 g/mol. The van der Waals surface area contributed by atoms with E-state index in [-0.39, 0.29) is 18.0 Å². The molecule has 0 aliphatic heterocycles. The number of benzene rings is 1. The zero-order chi connectivity index (χ0) is 10.8. The first-order chi connectivity index (χ1) is 7.16. The first kappa shape index (κ1) is 10.4. The lowest BCUT2D eigenvalue weighted by molar-refractivity contribution is 0.172. The van der Waals surface area contributed by atoms with Gasteiger partial charge in [-0.2, -0.15) is 0 Å². The zero-order valence-corrected chi connectivity index (χ0v) is 8.83. The van der Waals surface area contributed by atoms with Crippen LogP contribution in [-0.2, 0) is 0 Å². The van der Waals surface area contributed by atoms with Gasteiger partial charge in [0.05, 0.1) is 12.1 Å². The third kappa shape index (κ3) is 2.29. The van der Waals surface area contributed by atoms with Gasteiger partial charge in [0, 0.05) is 5.69 Å². The van der Waals surface area contributed by atoms with Gasteiger partial charge in [-0.3, -0.25) is 0 Å². The molecule has 2 N–H and O–H groups in total. The summed E-state index contributed by atoms with van der Waals surface area (Å²) in [5.41, 5.74) is 1.52. The zero-order valence-electron chi connectivity index (χ0n) is 8.83. The molecule has 0 spiro atoms. The Labute approximate surface area is 89.1 Å². The van der Waals surface area contributed by atoms with E-state index >= 15 is 0 Å². The van der Waals surface area contributed by atoms with E-state index in [1.807, 2.05) is 0 Å². The van der Waals surface area contributed by atoms with Gasteiger partial charge in [-0.1, -0.05) is 0 Å². The molecule has 0 heterocycles. The number of halogens is 1. The third-order valence-electron chi connectivity index (χ3n) is 2.99. The monoisotopic (exact) mass is 209 g/mol. The summed E-state index contributed by atoms with van der Waals surface area (Å²) < 4.78 is 13.0. The molecule has 1 aliphatic carbocycles. The number of rotatable bonds is 2. The largest absolute Gasteiger partial charge is 0.391 e. The van der Waals surface area contributed by atoms with E-state index in [2.05, 4.69) is 5.32 Å². The maximum Gasteiger partial charge on any atom is 0.126 e. The van der Waals surface area contributed by atoms with Crippen LogP contribution in [0, 0.1) is 12.7 Å². The highest BCUT2D eigenvalue weighted by Gasteiger charge is 2.24. The molecule has 1 aliphatic rings. The Balaban J connectivity index is 2.07. The highest BCUT2D eigenvalue weighted by Crippen LogP contribution is 2.23. The lowest BCUT2D eigenvalue weighted by Gasteiger charge is -2.18. The molecule has 1 aromatic carbocycles. The molecule has 0 radical (unpaired) electrons. The Kier molecular flexibility index (Phi) is 2.91. The van der Waals surface area contributed by atoms with Crippen molar-refractivity contribution in [2.45, 2.75) is 38.3 Å². The van der Waals surface area contributed by atoms with Gasteiger partial charge < -0.3 is 10.4 Å². The van der Waals surface area contributed by atoms with E-state index in [0.717, 1.165) is 24.9 Å². The smallest absolute Gasteiger partial charge is 0.126 e. The number of hydrogen-bond donors (Lipinski definition) is 2. The van der Waals surface area contributed by atoms with Crippen LogP contribution in [0.1, 0.15) is 24.8 Å². The van der Waals surface area contributed by atoms with E-state index in [1.165, 1.54) is 6.07 Å². The third-order valence-corrected chi connectivity index (χ3v) is 2.99. The average Bonchev–Trinajstić information content (AvgIpc) is 2.59. The molecule has 0 bridgehead atoms. The fourth-order valence-corrected chi connectivity index (χ4v) is 2.06. The van der Waals surface area contributed by atoms with Gasteiger partial charge in [0.2, 0.25) is 0 Å². The second-order valence-electron chi connectivity index (χ2n) is 4.21. The van der Waals surface area contributed by atoms with Gasteiger partial charge in [0.15, 0.2) is 0 Å². The highest BCUT2D eigenvalue weighted by atomic mass is 19.1. The Hall–Kier alpha value is -1.09. The summed E-state index contributed by atoms with van der Waals surface area (Å²) in [6.45, 7) is 1.74.